The lowest BCUT2D eigenvalue weighted by Gasteiger charge is -2.26. The van der Waals surface area contributed by atoms with Gasteiger partial charge >= 0.3 is 0 Å². The fourth-order valence-corrected chi connectivity index (χ4v) is 5.01. The molecule has 0 fully saturated rings. The summed E-state index contributed by atoms with van der Waals surface area (Å²) in [5.74, 6) is 2.08. The summed E-state index contributed by atoms with van der Waals surface area (Å²) < 4.78 is 5.95. The predicted octanol–water partition coefficient (Wildman–Crippen LogP) is 4.03. The van der Waals surface area contributed by atoms with Gasteiger partial charge in [0, 0.05) is 12.6 Å². The van der Waals surface area contributed by atoms with Crippen molar-refractivity contribution in [1.29, 1.82) is 0 Å². The maximum atomic E-state index is 10.3. The van der Waals surface area contributed by atoms with E-state index < -0.39 is 6.10 Å². The molecular weight excluding hydrogens is 378 g/mol. The van der Waals surface area contributed by atoms with E-state index in [-0.39, 0.29) is 12.4 Å². The van der Waals surface area contributed by atoms with Crippen LogP contribution < -0.4 is 10.1 Å². The summed E-state index contributed by atoms with van der Waals surface area (Å²) in [7, 11) is 0. The van der Waals surface area contributed by atoms with Crippen LogP contribution in [0.1, 0.15) is 29.5 Å². The largest absolute Gasteiger partial charge is 0.490 e. The molecule has 2 aliphatic rings. The first-order chi connectivity index (χ1) is 12.8. The molecule has 4 rings (SSSR count). The molecule has 1 heterocycles. The fraction of sp³-hybridized carbons (Fsp3) is 0.455. The first-order valence-electron chi connectivity index (χ1n) is 9.65. The summed E-state index contributed by atoms with van der Waals surface area (Å²) in [6.07, 6.45) is 5.18. The van der Waals surface area contributed by atoms with E-state index in [1.807, 2.05) is 17.8 Å². The normalized spacial score (nSPS) is 19.4. The van der Waals surface area contributed by atoms with Gasteiger partial charge in [-0.3, -0.25) is 0 Å². The summed E-state index contributed by atoms with van der Waals surface area (Å²) in [4.78, 5) is 1.27. The number of halogens is 1. The molecular formula is C22H28ClNO2S. The third-order valence-corrected chi connectivity index (χ3v) is 6.56. The van der Waals surface area contributed by atoms with E-state index in [9.17, 15) is 5.11 Å². The highest BCUT2D eigenvalue weighted by Gasteiger charge is 2.19. The maximum absolute atomic E-state index is 10.3. The van der Waals surface area contributed by atoms with Crippen LogP contribution in [0.2, 0.25) is 0 Å². The van der Waals surface area contributed by atoms with Crippen molar-refractivity contribution >= 4 is 24.2 Å². The molecule has 5 heteroatoms. The molecule has 2 atom stereocenters. The van der Waals surface area contributed by atoms with Gasteiger partial charge in [-0.25, -0.2) is 0 Å². The highest BCUT2D eigenvalue weighted by molar-refractivity contribution is 7.99. The molecule has 2 N–H and O–H groups in total. The standard InChI is InChI=1S/C22H27NO2S.ClH/c24-20(14-23-19-11-10-16-5-1-2-6-18(16)13-19)15-25-21-9-3-7-17-8-4-12-26-22(17)21;/h1-3,5-7,9,19-20,23-24H,4,8,10-15H2;1H. The molecule has 0 saturated heterocycles. The zero-order valence-corrected chi connectivity index (χ0v) is 17.2. The molecule has 146 valence electrons. The second-order valence-electron chi connectivity index (χ2n) is 7.28. The molecule has 0 aromatic heterocycles. The van der Waals surface area contributed by atoms with Gasteiger partial charge in [0.2, 0.25) is 0 Å². The Morgan fingerprint density at radius 1 is 1.07 bits per heavy atom. The Morgan fingerprint density at radius 2 is 1.89 bits per heavy atom. The molecule has 27 heavy (non-hydrogen) atoms. The first-order valence-corrected chi connectivity index (χ1v) is 10.6. The number of aliphatic hydroxyl groups is 1. The van der Waals surface area contributed by atoms with Crippen molar-refractivity contribution in [2.75, 3.05) is 18.9 Å². The molecule has 2 aromatic carbocycles. The lowest BCUT2D eigenvalue weighted by Crippen LogP contribution is -2.40. The Kier molecular flexibility index (Phi) is 7.48. The third kappa shape index (κ3) is 5.20. The zero-order chi connectivity index (χ0) is 17.8. The smallest absolute Gasteiger partial charge is 0.133 e. The van der Waals surface area contributed by atoms with Crippen molar-refractivity contribution in [2.45, 2.75) is 49.1 Å². The monoisotopic (exact) mass is 405 g/mol. The Labute approximate surface area is 172 Å². The Morgan fingerprint density at radius 3 is 2.78 bits per heavy atom. The van der Waals surface area contributed by atoms with Crippen LogP contribution in [0, 0.1) is 0 Å². The molecule has 2 aromatic rings. The van der Waals surface area contributed by atoms with Gasteiger partial charge in [-0.05, 0) is 60.6 Å². The summed E-state index contributed by atoms with van der Waals surface area (Å²) in [5.41, 5.74) is 4.29. The number of benzene rings is 2. The van der Waals surface area contributed by atoms with Crippen LogP contribution >= 0.6 is 24.2 Å². The minimum Gasteiger partial charge on any atom is -0.490 e. The zero-order valence-electron chi connectivity index (χ0n) is 15.5. The Balaban J connectivity index is 0.00000210. The summed E-state index contributed by atoms with van der Waals surface area (Å²) in [6.45, 7) is 0.919. The molecule has 2 unspecified atom stereocenters. The second kappa shape index (κ2) is 9.83. The quantitative estimate of drug-likeness (QED) is 0.761. The van der Waals surface area contributed by atoms with Gasteiger partial charge < -0.3 is 15.2 Å². The van der Waals surface area contributed by atoms with Crippen LogP contribution in [0.4, 0.5) is 0 Å². The first kappa shape index (κ1) is 20.5. The van der Waals surface area contributed by atoms with Gasteiger partial charge in [0.1, 0.15) is 18.5 Å². The number of ether oxygens (including phenoxy) is 1. The van der Waals surface area contributed by atoms with E-state index in [1.54, 1.807) is 0 Å². The molecule has 1 aliphatic carbocycles. The van der Waals surface area contributed by atoms with Gasteiger partial charge in [0.15, 0.2) is 0 Å². The van der Waals surface area contributed by atoms with E-state index in [4.69, 9.17) is 4.74 Å². The molecule has 0 spiro atoms. The van der Waals surface area contributed by atoms with Crippen LogP contribution in [0.15, 0.2) is 47.4 Å². The number of hydrogen-bond acceptors (Lipinski definition) is 4. The molecule has 0 bridgehead atoms. The molecule has 0 radical (unpaired) electrons. The highest BCUT2D eigenvalue weighted by Crippen LogP contribution is 2.37. The maximum Gasteiger partial charge on any atom is 0.133 e. The molecule has 0 amide bonds. The summed E-state index contributed by atoms with van der Waals surface area (Å²) >= 11 is 1.87. The van der Waals surface area contributed by atoms with E-state index in [0.717, 1.165) is 37.2 Å². The average molecular weight is 406 g/mol. The van der Waals surface area contributed by atoms with Crippen molar-refractivity contribution in [3.8, 4) is 5.75 Å². The number of fused-ring (bicyclic) bond motifs is 2. The van der Waals surface area contributed by atoms with Crippen molar-refractivity contribution in [2.24, 2.45) is 0 Å². The van der Waals surface area contributed by atoms with Crippen LogP contribution in [-0.4, -0.2) is 36.2 Å². The Hall–Kier alpha value is -1.20. The van der Waals surface area contributed by atoms with E-state index in [1.165, 1.54) is 28.0 Å². The third-order valence-electron chi connectivity index (χ3n) is 5.32. The van der Waals surface area contributed by atoms with Gasteiger partial charge in [0.25, 0.3) is 0 Å². The van der Waals surface area contributed by atoms with Crippen LogP contribution in [0.3, 0.4) is 0 Å². The molecule has 1 aliphatic heterocycles. The van der Waals surface area contributed by atoms with Crippen LogP contribution in [-0.2, 0) is 19.3 Å². The average Bonchev–Trinajstić information content (AvgIpc) is 2.70. The number of thioether (sulfide) groups is 1. The van der Waals surface area contributed by atoms with Crippen molar-refractivity contribution in [3.63, 3.8) is 0 Å². The number of aliphatic hydroxyl groups excluding tert-OH is 1. The predicted molar refractivity (Wildman–Crippen MR) is 114 cm³/mol. The van der Waals surface area contributed by atoms with Gasteiger partial charge in [-0.1, -0.05) is 36.4 Å². The number of hydrogen-bond donors (Lipinski definition) is 2. The van der Waals surface area contributed by atoms with Crippen molar-refractivity contribution in [1.82, 2.24) is 5.32 Å². The second-order valence-corrected chi connectivity index (χ2v) is 8.38. The van der Waals surface area contributed by atoms with Gasteiger partial charge in [0.05, 0.1) is 4.90 Å². The Bertz CT molecular complexity index is 755. The lowest BCUT2D eigenvalue weighted by atomic mass is 9.88. The SMILES string of the molecule is Cl.OC(CNC1CCc2ccccc2C1)COc1cccc2c1SCCC2. The van der Waals surface area contributed by atoms with Crippen LogP contribution in [0.25, 0.3) is 0 Å². The summed E-state index contributed by atoms with van der Waals surface area (Å²) in [5, 5.41) is 13.9. The minimum atomic E-state index is -0.489. The van der Waals surface area contributed by atoms with E-state index >= 15 is 0 Å². The number of aryl methyl sites for hydroxylation is 2. The summed E-state index contributed by atoms with van der Waals surface area (Å²) in [6, 6.07) is 15.4. The topological polar surface area (TPSA) is 41.5 Å². The lowest BCUT2D eigenvalue weighted by molar-refractivity contribution is 0.101. The van der Waals surface area contributed by atoms with E-state index in [0.29, 0.717) is 19.2 Å². The molecule has 0 saturated carbocycles. The number of nitrogens with one attached hydrogen (secondary N) is 1. The van der Waals surface area contributed by atoms with Gasteiger partial charge in [-0.15, -0.1) is 24.2 Å². The highest BCUT2D eigenvalue weighted by atomic mass is 35.5. The minimum absolute atomic E-state index is 0. The number of rotatable bonds is 6. The van der Waals surface area contributed by atoms with Crippen molar-refractivity contribution < 1.29 is 9.84 Å². The van der Waals surface area contributed by atoms with Crippen LogP contribution in [0.5, 0.6) is 5.75 Å². The van der Waals surface area contributed by atoms with Gasteiger partial charge in [-0.2, -0.15) is 0 Å². The molecule has 3 nitrogen and oxygen atoms in total. The van der Waals surface area contributed by atoms with E-state index in [2.05, 4.69) is 41.7 Å². The fourth-order valence-electron chi connectivity index (χ4n) is 3.89. The van der Waals surface area contributed by atoms with Crippen molar-refractivity contribution in [3.05, 3.63) is 59.2 Å².